The maximum absolute atomic E-state index is 11.6. The van der Waals surface area contributed by atoms with Gasteiger partial charge in [0, 0.05) is 6.21 Å². The number of aromatic nitrogens is 1. The average molecular weight is 274 g/mol. The van der Waals surface area contributed by atoms with Crippen LogP contribution < -0.4 is 0 Å². The highest BCUT2D eigenvalue weighted by Gasteiger charge is 2.11. The maximum atomic E-state index is 11.6. The first-order chi connectivity index (χ1) is 9.61. The second kappa shape index (κ2) is 6.01. The van der Waals surface area contributed by atoms with E-state index in [1.165, 1.54) is 19.5 Å². The molecule has 6 heteroatoms. The predicted molar refractivity (Wildman–Crippen MR) is 74.1 cm³/mol. The molecule has 0 radical (unpaired) electrons. The zero-order valence-electron chi connectivity index (χ0n) is 11.2. The van der Waals surface area contributed by atoms with Crippen LogP contribution in [-0.4, -0.2) is 28.9 Å². The van der Waals surface area contributed by atoms with Crippen LogP contribution in [0.4, 0.5) is 5.69 Å². The molecule has 2 rings (SSSR count). The monoisotopic (exact) mass is 274 g/mol. The number of fused-ring (bicyclic) bond motifs is 1. The highest BCUT2D eigenvalue weighted by atomic mass is 16.5. The number of hydrogen-bond donors (Lipinski definition) is 1. The third kappa shape index (κ3) is 3.03. The lowest BCUT2D eigenvalue weighted by molar-refractivity contribution is -0.138. The van der Waals surface area contributed by atoms with Gasteiger partial charge in [-0.2, -0.15) is 0 Å². The minimum absolute atomic E-state index is 0.0205. The molecule has 6 nitrogen and oxygen atoms in total. The molecule has 20 heavy (non-hydrogen) atoms. The highest BCUT2D eigenvalue weighted by molar-refractivity contribution is 6.10. The van der Waals surface area contributed by atoms with Crippen molar-refractivity contribution in [2.75, 3.05) is 6.61 Å². The van der Waals surface area contributed by atoms with Gasteiger partial charge >= 0.3 is 5.97 Å². The Morgan fingerprint density at radius 1 is 1.55 bits per heavy atom. The van der Waals surface area contributed by atoms with E-state index in [4.69, 9.17) is 9.15 Å². The number of esters is 1. The fourth-order valence-corrected chi connectivity index (χ4v) is 1.57. The molecule has 0 saturated carbocycles. The molecule has 0 spiro atoms. The molecule has 0 saturated heterocycles. The van der Waals surface area contributed by atoms with E-state index in [-0.39, 0.29) is 17.9 Å². The highest BCUT2D eigenvalue weighted by Crippen LogP contribution is 2.20. The largest absolute Gasteiger partial charge is 0.512 e. The number of aliphatic hydroxyl groups is 1. The van der Waals surface area contributed by atoms with Crippen LogP contribution in [0.25, 0.3) is 11.1 Å². The van der Waals surface area contributed by atoms with E-state index in [0.717, 1.165) is 0 Å². The number of ether oxygens (including phenoxy) is 1. The van der Waals surface area contributed by atoms with Gasteiger partial charge in [-0.05, 0) is 32.0 Å². The summed E-state index contributed by atoms with van der Waals surface area (Å²) in [4.78, 5) is 19.8. The van der Waals surface area contributed by atoms with Gasteiger partial charge in [0.05, 0.1) is 12.3 Å². The maximum Gasteiger partial charge on any atom is 0.343 e. The summed E-state index contributed by atoms with van der Waals surface area (Å²) >= 11 is 0. The quantitative estimate of drug-likeness (QED) is 0.401. The molecule has 1 heterocycles. The first kappa shape index (κ1) is 13.8. The van der Waals surface area contributed by atoms with Gasteiger partial charge in [-0.3, -0.25) is 4.99 Å². The number of rotatable bonds is 4. The molecule has 0 aliphatic rings. The number of allylic oxidation sites excluding steroid dienone is 1. The Morgan fingerprint density at radius 3 is 3.05 bits per heavy atom. The third-order valence-corrected chi connectivity index (χ3v) is 2.54. The van der Waals surface area contributed by atoms with E-state index in [2.05, 4.69) is 9.98 Å². The number of carbonyl (C=O) groups excluding carboxylic acids is 1. The van der Waals surface area contributed by atoms with Crippen LogP contribution in [0.15, 0.2) is 45.3 Å². The number of oxazole rings is 1. The van der Waals surface area contributed by atoms with Gasteiger partial charge < -0.3 is 14.3 Å². The molecular formula is C14H14N2O4. The Kier molecular flexibility index (Phi) is 4.14. The fraction of sp³-hybridized carbons (Fsp3) is 0.214. The molecule has 0 unspecified atom stereocenters. The number of nitrogens with zero attached hydrogens (tertiary/aromatic N) is 2. The van der Waals surface area contributed by atoms with Gasteiger partial charge in [-0.25, -0.2) is 9.78 Å². The molecule has 0 amide bonds. The summed E-state index contributed by atoms with van der Waals surface area (Å²) in [5, 5.41) is 9.49. The van der Waals surface area contributed by atoms with Crippen molar-refractivity contribution in [2.45, 2.75) is 13.8 Å². The molecule has 104 valence electrons. The summed E-state index contributed by atoms with van der Waals surface area (Å²) in [6.07, 6.45) is 2.62. The van der Waals surface area contributed by atoms with Gasteiger partial charge in [-0.1, -0.05) is 0 Å². The van der Waals surface area contributed by atoms with Gasteiger partial charge in [0.25, 0.3) is 0 Å². The summed E-state index contributed by atoms with van der Waals surface area (Å²) in [7, 11) is 0. The van der Waals surface area contributed by atoms with Crippen molar-refractivity contribution in [1.82, 2.24) is 4.98 Å². The average Bonchev–Trinajstić information content (AvgIpc) is 2.86. The van der Waals surface area contributed by atoms with Crippen LogP contribution in [0.3, 0.4) is 0 Å². The Bertz CT molecular complexity index is 681. The summed E-state index contributed by atoms with van der Waals surface area (Å²) in [6, 6.07) is 5.17. The Hall–Kier alpha value is -2.63. The summed E-state index contributed by atoms with van der Waals surface area (Å²) in [6.45, 7) is 3.32. The van der Waals surface area contributed by atoms with Gasteiger partial charge in [0.15, 0.2) is 12.0 Å². The molecule has 0 aliphatic heterocycles. The first-order valence-corrected chi connectivity index (χ1v) is 6.06. The zero-order chi connectivity index (χ0) is 14.5. The molecule has 0 aliphatic carbocycles. The number of hydrogen-bond acceptors (Lipinski definition) is 6. The number of carbonyl (C=O) groups is 1. The second-order valence-electron chi connectivity index (χ2n) is 3.98. The Labute approximate surface area is 115 Å². The summed E-state index contributed by atoms with van der Waals surface area (Å²) < 4.78 is 9.96. The van der Waals surface area contributed by atoms with Crippen molar-refractivity contribution >= 4 is 29.0 Å². The zero-order valence-corrected chi connectivity index (χ0v) is 11.2. The predicted octanol–water partition coefficient (Wildman–Crippen LogP) is 2.93. The van der Waals surface area contributed by atoms with Crippen LogP contribution in [-0.2, 0) is 9.53 Å². The lowest BCUT2D eigenvalue weighted by Crippen LogP contribution is -2.10. The Morgan fingerprint density at radius 2 is 2.35 bits per heavy atom. The number of benzene rings is 1. The van der Waals surface area contributed by atoms with Crippen LogP contribution in [0.5, 0.6) is 0 Å². The topological polar surface area (TPSA) is 84.9 Å². The van der Waals surface area contributed by atoms with Crippen molar-refractivity contribution in [3.8, 4) is 0 Å². The number of aliphatic imine (C=N–C) groups is 1. The van der Waals surface area contributed by atoms with E-state index < -0.39 is 5.97 Å². The SMILES string of the molecule is CCOC(=O)/C(C=Nc1ccc2ocnc2c1)=C(\C)O. The second-order valence-corrected chi connectivity index (χ2v) is 3.98. The first-order valence-electron chi connectivity index (χ1n) is 6.06. The van der Waals surface area contributed by atoms with Crippen LogP contribution in [0.2, 0.25) is 0 Å². The normalized spacial score (nSPS) is 12.7. The van der Waals surface area contributed by atoms with Crippen LogP contribution in [0, 0.1) is 0 Å². The molecule has 0 atom stereocenters. The lowest BCUT2D eigenvalue weighted by Gasteiger charge is -2.03. The fourth-order valence-electron chi connectivity index (χ4n) is 1.57. The molecule has 1 aromatic carbocycles. The standard InChI is InChI=1S/C14H14N2O4/c1-3-19-14(18)11(9(2)17)7-15-10-4-5-13-12(6-10)16-8-20-13/h4-8,17H,3H2,1-2H3/b11-9+,15-7?. The van der Waals surface area contributed by atoms with Crippen molar-refractivity contribution in [1.29, 1.82) is 0 Å². The van der Waals surface area contributed by atoms with E-state index in [1.54, 1.807) is 25.1 Å². The van der Waals surface area contributed by atoms with E-state index in [9.17, 15) is 9.90 Å². The number of aliphatic hydroxyl groups excluding tert-OH is 1. The molecular weight excluding hydrogens is 260 g/mol. The molecule has 1 N–H and O–H groups in total. The van der Waals surface area contributed by atoms with Gasteiger partial charge in [0.2, 0.25) is 0 Å². The molecule has 2 aromatic rings. The van der Waals surface area contributed by atoms with Crippen molar-refractivity contribution in [3.63, 3.8) is 0 Å². The van der Waals surface area contributed by atoms with Gasteiger partial charge in [0.1, 0.15) is 16.8 Å². The van der Waals surface area contributed by atoms with E-state index in [1.807, 2.05) is 0 Å². The smallest absolute Gasteiger partial charge is 0.343 e. The van der Waals surface area contributed by atoms with Crippen molar-refractivity contribution in [2.24, 2.45) is 4.99 Å². The molecule has 0 fully saturated rings. The van der Waals surface area contributed by atoms with Crippen molar-refractivity contribution in [3.05, 3.63) is 35.9 Å². The van der Waals surface area contributed by atoms with E-state index >= 15 is 0 Å². The molecule has 0 bridgehead atoms. The molecule has 1 aromatic heterocycles. The lowest BCUT2D eigenvalue weighted by atomic mass is 10.2. The van der Waals surface area contributed by atoms with Crippen LogP contribution >= 0.6 is 0 Å². The minimum atomic E-state index is -0.612. The van der Waals surface area contributed by atoms with E-state index in [0.29, 0.717) is 16.8 Å². The minimum Gasteiger partial charge on any atom is -0.512 e. The van der Waals surface area contributed by atoms with Crippen LogP contribution in [0.1, 0.15) is 13.8 Å². The van der Waals surface area contributed by atoms with Gasteiger partial charge in [-0.15, -0.1) is 0 Å². The summed E-state index contributed by atoms with van der Waals surface area (Å²) in [5.41, 5.74) is 1.94. The third-order valence-electron chi connectivity index (χ3n) is 2.54. The Balaban J connectivity index is 2.25. The summed E-state index contributed by atoms with van der Waals surface area (Å²) in [5.74, 6) is -0.756. The van der Waals surface area contributed by atoms with Crippen molar-refractivity contribution < 1.29 is 19.1 Å².